The maximum absolute atomic E-state index is 12.6. The van der Waals surface area contributed by atoms with Crippen LogP contribution in [0.15, 0.2) is 0 Å². The Morgan fingerprint density at radius 3 is 2.52 bits per heavy atom. The van der Waals surface area contributed by atoms with Gasteiger partial charge in [-0.2, -0.15) is 0 Å². The van der Waals surface area contributed by atoms with Crippen molar-refractivity contribution < 1.29 is 4.79 Å². The summed E-state index contributed by atoms with van der Waals surface area (Å²) in [4.78, 5) is 17.1. The average molecular weight is 295 g/mol. The lowest BCUT2D eigenvalue weighted by atomic mass is 9.90. The normalized spacial score (nSPS) is 30.7. The number of piperidine rings is 1. The van der Waals surface area contributed by atoms with Crippen molar-refractivity contribution in [2.75, 3.05) is 27.2 Å². The van der Waals surface area contributed by atoms with E-state index >= 15 is 0 Å². The van der Waals surface area contributed by atoms with Crippen LogP contribution in [0.25, 0.3) is 0 Å². The van der Waals surface area contributed by atoms with Gasteiger partial charge in [0.25, 0.3) is 0 Å². The second-order valence-corrected chi connectivity index (χ2v) is 6.85. The fourth-order valence-corrected chi connectivity index (χ4v) is 3.99. The van der Waals surface area contributed by atoms with Crippen molar-refractivity contribution in [2.24, 2.45) is 0 Å². The molecule has 1 N–H and O–H groups in total. The summed E-state index contributed by atoms with van der Waals surface area (Å²) in [6, 6.07) is 1.75. The molecule has 2 aliphatic rings. The van der Waals surface area contributed by atoms with E-state index in [1.165, 1.54) is 44.9 Å². The number of nitrogens with one attached hydrogen (secondary N) is 1. The molecule has 1 atom stereocenters. The fraction of sp³-hybridized carbons (Fsp3) is 0.941. The van der Waals surface area contributed by atoms with E-state index < -0.39 is 0 Å². The van der Waals surface area contributed by atoms with Crippen LogP contribution in [0.2, 0.25) is 0 Å². The summed E-state index contributed by atoms with van der Waals surface area (Å²) in [6.07, 6.45) is 9.66. The summed E-state index contributed by atoms with van der Waals surface area (Å²) in [5.74, 6) is 0.347. The van der Waals surface area contributed by atoms with Crippen molar-refractivity contribution in [3.8, 4) is 0 Å². The second kappa shape index (κ2) is 8.14. The van der Waals surface area contributed by atoms with Gasteiger partial charge >= 0.3 is 0 Å². The zero-order valence-corrected chi connectivity index (χ0v) is 14.1. The Kier molecular flexibility index (Phi) is 6.49. The molecule has 2 fully saturated rings. The third-order valence-corrected chi connectivity index (χ3v) is 5.53. The third kappa shape index (κ3) is 4.43. The van der Waals surface area contributed by atoms with Gasteiger partial charge in [0.05, 0.1) is 6.54 Å². The first-order valence-corrected chi connectivity index (χ1v) is 8.82. The minimum absolute atomic E-state index is 0.347. The van der Waals surface area contributed by atoms with Crippen LogP contribution in [-0.4, -0.2) is 61.0 Å². The molecule has 21 heavy (non-hydrogen) atoms. The van der Waals surface area contributed by atoms with Crippen molar-refractivity contribution >= 4 is 5.91 Å². The van der Waals surface area contributed by atoms with Crippen LogP contribution in [0.3, 0.4) is 0 Å². The number of amides is 1. The van der Waals surface area contributed by atoms with Crippen LogP contribution < -0.4 is 5.32 Å². The molecular weight excluding hydrogens is 262 g/mol. The molecule has 1 heterocycles. The van der Waals surface area contributed by atoms with Crippen molar-refractivity contribution in [3.63, 3.8) is 0 Å². The Bertz CT molecular complexity index is 326. The number of nitrogens with zero attached hydrogens (tertiary/aromatic N) is 2. The minimum atomic E-state index is 0.347. The molecule has 0 spiro atoms. The molecule has 0 aromatic carbocycles. The molecule has 0 bridgehead atoms. The molecule has 1 aliphatic carbocycles. The van der Waals surface area contributed by atoms with Crippen LogP contribution in [0.5, 0.6) is 0 Å². The number of carbonyl (C=O) groups is 1. The maximum atomic E-state index is 12.6. The fourth-order valence-electron chi connectivity index (χ4n) is 3.99. The lowest BCUT2D eigenvalue weighted by molar-refractivity contribution is -0.136. The topological polar surface area (TPSA) is 35.6 Å². The monoisotopic (exact) mass is 295 g/mol. The van der Waals surface area contributed by atoms with Crippen LogP contribution >= 0.6 is 0 Å². The van der Waals surface area contributed by atoms with E-state index in [0.717, 1.165) is 13.0 Å². The van der Waals surface area contributed by atoms with E-state index in [1.54, 1.807) is 0 Å². The first-order valence-electron chi connectivity index (χ1n) is 8.82. The highest BCUT2D eigenvalue weighted by atomic mass is 16.2. The molecule has 4 nitrogen and oxygen atoms in total. The lowest BCUT2D eigenvalue weighted by Crippen LogP contribution is -2.49. The van der Waals surface area contributed by atoms with Gasteiger partial charge < -0.3 is 10.2 Å². The van der Waals surface area contributed by atoms with Gasteiger partial charge in [-0.25, -0.2) is 0 Å². The highest BCUT2D eigenvalue weighted by Crippen LogP contribution is 2.23. The molecule has 122 valence electrons. The highest BCUT2D eigenvalue weighted by molar-refractivity contribution is 5.78. The standard InChI is InChI=1S/C17H33N3O/c1-4-15-7-5-6-12-20(15)17(21)13-19(3)16-10-8-14(18-2)9-11-16/h14-16,18H,4-13H2,1-3H3. The van der Waals surface area contributed by atoms with Gasteiger partial charge in [-0.3, -0.25) is 9.69 Å². The molecule has 2 rings (SSSR count). The van der Waals surface area contributed by atoms with Crippen LogP contribution in [-0.2, 0) is 4.79 Å². The third-order valence-electron chi connectivity index (χ3n) is 5.53. The maximum Gasteiger partial charge on any atom is 0.236 e. The Hall–Kier alpha value is -0.610. The first kappa shape index (κ1) is 16.8. The van der Waals surface area contributed by atoms with Crippen LogP contribution in [0, 0.1) is 0 Å². The average Bonchev–Trinajstić information content (AvgIpc) is 2.54. The summed E-state index contributed by atoms with van der Waals surface area (Å²) in [7, 11) is 4.19. The first-order chi connectivity index (χ1) is 10.2. The number of hydrogen-bond acceptors (Lipinski definition) is 3. The number of likely N-dealkylation sites (N-methyl/N-ethyl adjacent to an activating group) is 1. The van der Waals surface area contributed by atoms with Gasteiger partial charge in [-0.1, -0.05) is 6.92 Å². The number of likely N-dealkylation sites (tertiary alicyclic amines) is 1. The lowest BCUT2D eigenvalue weighted by Gasteiger charge is -2.38. The van der Waals surface area contributed by atoms with Gasteiger partial charge in [0.2, 0.25) is 5.91 Å². The Morgan fingerprint density at radius 2 is 1.90 bits per heavy atom. The quantitative estimate of drug-likeness (QED) is 0.845. The SMILES string of the molecule is CCC1CCCCN1C(=O)CN(C)C1CCC(NC)CC1. The highest BCUT2D eigenvalue weighted by Gasteiger charge is 2.28. The van der Waals surface area contributed by atoms with Gasteiger partial charge in [0.1, 0.15) is 0 Å². The molecule has 0 aromatic heterocycles. The summed E-state index contributed by atoms with van der Waals surface area (Å²) >= 11 is 0. The predicted octanol–water partition coefficient (Wildman–Crippen LogP) is 2.24. The summed E-state index contributed by atoms with van der Waals surface area (Å²) < 4.78 is 0. The van der Waals surface area contributed by atoms with E-state index in [0.29, 0.717) is 30.6 Å². The number of hydrogen-bond donors (Lipinski definition) is 1. The van der Waals surface area contributed by atoms with Crippen LogP contribution in [0.1, 0.15) is 58.3 Å². The molecule has 1 aliphatic heterocycles. The van der Waals surface area contributed by atoms with Gasteiger partial charge in [-0.15, -0.1) is 0 Å². The van der Waals surface area contributed by atoms with Gasteiger partial charge in [0.15, 0.2) is 0 Å². The summed E-state index contributed by atoms with van der Waals surface area (Å²) in [5, 5.41) is 3.38. The van der Waals surface area contributed by atoms with E-state index in [1.807, 2.05) is 0 Å². The zero-order valence-electron chi connectivity index (χ0n) is 14.1. The predicted molar refractivity (Wildman–Crippen MR) is 87.4 cm³/mol. The summed E-state index contributed by atoms with van der Waals surface area (Å²) in [6.45, 7) is 3.78. The van der Waals surface area contributed by atoms with E-state index in [9.17, 15) is 4.79 Å². The van der Waals surface area contributed by atoms with Crippen molar-refractivity contribution in [1.82, 2.24) is 15.1 Å². The number of rotatable bonds is 5. The molecule has 0 aromatic rings. The van der Waals surface area contributed by atoms with E-state index in [4.69, 9.17) is 0 Å². The number of carbonyl (C=O) groups excluding carboxylic acids is 1. The molecule has 0 radical (unpaired) electrons. The molecule has 1 amide bonds. The summed E-state index contributed by atoms with van der Waals surface area (Å²) in [5.41, 5.74) is 0. The molecule has 4 heteroatoms. The Labute approximate surface area is 130 Å². The largest absolute Gasteiger partial charge is 0.339 e. The second-order valence-electron chi connectivity index (χ2n) is 6.85. The van der Waals surface area contributed by atoms with Crippen LogP contribution in [0.4, 0.5) is 0 Å². The van der Waals surface area contributed by atoms with Gasteiger partial charge in [-0.05, 0) is 65.5 Å². The van der Waals surface area contributed by atoms with E-state index in [-0.39, 0.29) is 0 Å². The zero-order chi connectivity index (χ0) is 15.2. The smallest absolute Gasteiger partial charge is 0.236 e. The molecule has 1 unspecified atom stereocenters. The van der Waals surface area contributed by atoms with Crippen molar-refractivity contribution in [3.05, 3.63) is 0 Å². The van der Waals surface area contributed by atoms with Gasteiger partial charge in [0, 0.05) is 24.7 Å². The Balaban J connectivity index is 1.81. The van der Waals surface area contributed by atoms with Crippen molar-refractivity contribution in [2.45, 2.75) is 76.4 Å². The Morgan fingerprint density at radius 1 is 1.19 bits per heavy atom. The molecule has 1 saturated carbocycles. The van der Waals surface area contributed by atoms with E-state index in [2.05, 4.69) is 36.1 Å². The molecule has 1 saturated heterocycles. The van der Waals surface area contributed by atoms with Crippen molar-refractivity contribution in [1.29, 1.82) is 0 Å². The minimum Gasteiger partial charge on any atom is -0.339 e. The molecular formula is C17H33N3O.